The van der Waals surface area contributed by atoms with Gasteiger partial charge in [0, 0.05) is 13.1 Å². The molecule has 0 saturated carbocycles. The van der Waals surface area contributed by atoms with Crippen LogP contribution >= 0.6 is 0 Å². The molecule has 0 N–H and O–H groups in total. The van der Waals surface area contributed by atoms with E-state index in [-0.39, 0.29) is 18.0 Å². The van der Waals surface area contributed by atoms with Gasteiger partial charge in [0.2, 0.25) is 5.88 Å². The minimum atomic E-state index is -0.155. The molecular weight excluding hydrogens is 258 g/mol. The second-order valence-corrected chi connectivity index (χ2v) is 5.19. The van der Waals surface area contributed by atoms with Crippen molar-refractivity contribution in [3.63, 3.8) is 0 Å². The summed E-state index contributed by atoms with van der Waals surface area (Å²) in [5, 5.41) is 0. The smallest absolute Gasteiger partial charge is 0.310 e. The molecule has 2 heterocycles. The Morgan fingerprint density at radius 2 is 2.25 bits per heavy atom. The van der Waals surface area contributed by atoms with Crippen molar-refractivity contribution in [3.05, 3.63) is 12.4 Å². The van der Waals surface area contributed by atoms with Gasteiger partial charge in [-0.1, -0.05) is 0 Å². The Kier molecular flexibility index (Phi) is 4.76. The Morgan fingerprint density at radius 1 is 1.45 bits per heavy atom. The van der Waals surface area contributed by atoms with Crippen molar-refractivity contribution in [2.45, 2.75) is 32.8 Å². The minimum absolute atomic E-state index is 0.0590. The van der Waals surface area contributed by atoms with Gasteiger partial charge in [-0.2, -0.15) is 4.98 Å². The van der Waals surface area contributed by atoms with Gasteiger partial charge in [0.25, 0.3) is 0 Å². The van der Waals surface area contributed by atoms with Crippen LogP contribution in [-0.2, 0) is 9.53 Å². The molecule has 110 valence electrons. The number of nitrogens with zero attached hydrogens (tertiary/aromatic N) is 3. The Bertz CT molecular complexity index is 465. The molecule has 0 radical (unpaired) electrons. The fourth-order valence-corrected chi connectivity index (χ4v) is 2.33. The lowest BCUT2D eigenvalue weighted by Gasteiger charge is -2.32. The first-order chi connectivity index (χ1) is 9.60. The topological polar surface area (TPSA) is 64.5 Å². The summed E-state index contributed by atoms with van der Waals surface area (Å²) in [6, 6.07) is 0. The first kappa shape index (κ1) is 14.6. The molecule has 1 saturated heterocycles. The van der Waals surface area contributed by atoms with Crippen LogP contribution in [-0.4, -0.2) is 42.2 Å². The van der Waals surface area contributed by atoms with E-state index in [1.807, 2.05) is 13.8 Å². The number of carbonyl (C=O) groups is 1. The molecule has 1 aromatic rings. The van der Waals surface area contributed by atoms with Crippen LogP contribution in [0.3, 0.4) is 0 Å². The average molecular weight is 279 g/mol. The SMILES string of the molecule is COC(=O)[C@@H]1CCCN(c2cncc(OC(C)C)n2)C1. The maximum absolute atomic E-state index is 11.6. The van der Waals surface area contributed by atoms with Crippen molar-refractivity contribution in [2.75, 3.05) is 25.1 Å². The van der Waals surface area contributed by atoms with E-state index in [9.17, 15) is 4.79 Å². The standard InChI is InChI=1S/C14H21N3O3/c1-10(2)20-13-8-15-7-12(16-13)17-6-4-5-11(9-17)14(18)19-3/h7-8,10-11H,4-6,9H2,1-3H3/t11-/m1/s1. The largest absolute Gasteiger partial charge is 0.474 e. The van der Waals surface area contributed by atoms with Crippen molar-refractivity contribution in [1.82, 2.24) is 9.97 Å². The summed E-state index contributed by atoms with van der Waals surface area (Å²) in [6.07, 6.45) is 5.16. The monoisotopic (exact) mass is 279 g/mol. The fourth-order valence-electron chi connectivity index (χ4n) is 2.33. The van der Waals surface area contributed by atoms with Crippen LogP contribution in [0.2, 0.25) is 0 Å². The van der Waals surface area contributed by atoms with Gasteiger partial charge in [0.15, 0.2) is 5.82 Å². The van der Waals surface area contributed by atoms with Gasteiger partial charge in [0.05, 0.1) is 31.5 Å². The van der Waals surface area contributed by atoms with Crippen LogP contribution in [0.15, 0.2) is 12.4 Å². The summed E-state index contributed by atoms with van der Waals surface area (Å²) < 4.78 is 10.4. The van der Waals surface area contributed by atoms with Crippen LogP contribution < -0.4 is 9.64 Å². The highest BCUT2D eigenvalue weighted by molar-refractivity contribution is 5.73. The van der Waals surface area contributed by atoms with Gasteiger partial charge in [0.1, 0.15) is 0 Å². The van der Waals surface area contributed by atoms with E-state index in [4.69, 9.17) is 9.47 Å². The summed E-state index contributed by atoms with van der Waals surface area (Å²) in [6.45, 7) is 5.38. The number of hydrogen-bond acceptors (Lipinski definition) is 6. The highest BCUT2D eigenvalue weighted by Crippen LogP contribution is 2.23. The van der Waals surface area contributed by atoms with Crippen LogP contribution in [0.1, 0.15) is 26.7 Å². The second kappa shape index (κ2) is 6.54. The third-order valence-corrected chi connectivity index (χ3v) is 3.24. The summed E-state index contributed by atoms with van der Waals surface area (Å²) in [5.74, 6) is 1.01. The highest BCUT2D eigenvalue weighted by atomic mass is 16.5. The molecule has 1 aliphatic heterocycles. The molecule has 1 aliphatic rings. The van der Waals surface area contributed by atoms with Crippen molar-refractivity contribution in [1.29, 1.82) is 0 Å². The summed E-state index contributed by atoms with van der Waals surface area (Å²) in [7, 11) is 1.43. The maximum Gasteiger partial charge on any atom is 0.310 e. The van der Waals surface area contributed by atoms with Gasteiger partial charge in [-0.05, 0) is 26.7 Å². The van der Waals surface area contributed by atoms with Crippen LogP contribution in [0.5, 0.6) is 5.88 Å². The molecule has 0 bridgehead atoms. The molecule has 1 aromatic heterocycles. The summed E-state index contributed by atoms with van der Waals surface area (Å²) in [5.41, 5.74) is 0. The molecule has 0 amide bonds. The number of rotatable bonds is 4. The maximum atomic E-state index is 11.6. The normalized spacial score (nSPS) is 19.0. The molecular formula is C14H21N3O3. The molecule has 2 rings (SSSR count). The Hall–Kier alpha value is -1.85. The Labute approximate surface area is 119 Å². The van der Waals surface area contributed by atoms with E-state index in [1.165, 1.54) is 7.11 Å². The lowest BCUT2D eigenvalue weighted by atomic mass is 9.98. The Morgan fingerprint density at radius 3 is 2.95 bits per heavy atom. The van der Waals surface area contributed by atoms with E-state index >= 15 is 0 Å². The zero-order chi connectivity index (χ0) is 14.5. The zero-order valence-corrected chi connectivity index (χ0v) is 12.2. The molecule has 20 heavy (non-hydrogen) atoms. The second-order valence-electron chi connectivity index (χ2n) is 5.19. The number of ether oxygens (including phenoxy) is 2. The number of hydrogen-bond donors (Lipinski definition) is 0. The molecule has 0 unspecified atom stereocenters. The lowest BCUT2D eigenvalue weighted by molar-refractivity contribution is -0.145. The molecule has 1 atom stereocenters. The van der Waals surface area contributed by atoms with Crippen molar-refractivity contribution in [3.8, 4) is 5.88 Å². The van der Waals surface area contributed by atoms with E-state index in [1.54, 1.807) is 12.4 Å². The predicted octanol–water partition coefficient (Wildman–Crippen LogP) is 1.65. The molecule has 0 aliphatic carbocycles. The number of carbonyl (C=O) groups excluding carboxylic acids is 1. The molecule has 0 aromatic carbocycles. The van der Waals surface area contributed by atoms with Crippen molar-refractivity contribution < 1.29 is 14.3 Å². The van der Waals surface area contributed by atoms with Crippen molar-refractivity contribution >= 4 is 11.8 Å². The van der Waals surface area contributed by atoms with Gasteiger partial charge < -0.3 is 14.4 Å². The van der Waals surface area contributed by atoms with Gasteiger partial charge in [-0.3, -0.25) is 9.78 Å². The molecule has 6 nitrogen and oxygen atoms in total. The first-order valence-electron chi connectivity index (χ1n) is 6.91. The van der Waals surface area contributed by atoms with Crippen LogP contribution in [0.25, 0.3) is 0 Å². The number of piperidine rings is 1. The zero-order valence-electron chi connectivity index (χ0n) is 12.2. The van der Waals surface area contributed by atoms with E-state index in [2.05, 4.69) is 14.9 Å². The number of esters is 1. The number of aromatic nitrogens is 2. The van der Waals surface area contributed by atoms with Gasteiger partial charge >= 0.3 is 5.97 Å². The number of methoxy groups -OCH3 is 1. The van der Waals surface area contributed by atoms with Crippen LogP contribution in [0.4, 0.5) is 5.82 Å². The van der Waals surface area contributed by atoms with Crippen molar-refractivity contribution in [2.24, 2.45) is 5.92 Å². The van der Waals surface area contributed by atoms with Gasteiger partial charge in [-0.25, -0.2) is 0 Å². The molecule has 6 heteroatoms. The predicted molar refractivity (Wildman–Crippen MR) is 74.7 cm³/mol. The lowest BCUT2D eigenvalue weighted by Crippen LogP contribution is -2.39. The molecule has 1 fully saturated rings. The van der Waals surface area contributed by atoms with Gasteiger partial charge in [-0.15, -0.1) is 0 Å². The summed E-state index contributed by atoms with van der Waals surface area (Å²) in [4.78, 5) is 22.3. The number of anilines is 1. The highest BCUT2D eigenvalue weighted by Gasteiger charge is 2.27. The molecule has 0 spiro atoms. The third-order valence-electron chi connectivity index (χ3n) is 3.24. The van der Waals surface area contributed by atoms with E-state index in [0.717, 1.165) is 25.2 Å². The fraction of sp³-hybridized carbons (Fsp3) is 0.643. The summed E-state index contributed by atoms with van der Waals surface area (Å²) >= 11 is 0. The third kappa shape index (κ3) is 3.59. The average Bonchev–Trinajstić information content (AvgIpc) is 2.46. The quantitative estimate of drug-likeness (QED) is 0.781. The minimum Gasteiger partial charge on any atom is -0.474 e. The van der Waals surface area contributed by atoms with E-state index in [0.29, 0.717) is 12.4 Å². The van der Waals surface area contributed by atoms with E-state index < -0.39 is 0 Å². The first-order valence-corrected chi connectivity index (χ1v) is 6.91. The van der Waals surface area contributed by atoms with Crippen LogP contribution in [0, 0.1) is 5.92 Å². The Balaban J connectivity index is 2.08.